The molecule has 0 unspecified atom stereocenters. The molecule has 0 aliphatic carbocycles. The molecule has 3 rings (SSSR count). The van der Waals surface area contributed by atoms with Gasteiger partial charge in [0.25, 0.3) is 0 Å². The Hall–Kier alpha value is -2.55. The van der Waals surface area contributed by atoms with Gasteiger partial charge < -0.3 is 5.32 Å². The molecule has 20 heavy (non-hydrogen) atoms. The Bertz CT molecular complexity index is 726. The summed E-state index contributed by atoms with van der Waals surface area (Å²) in [5.41, 5.74) is 4.68. The summed E-state index contributed by atoms with van der Waals surface area (Å²) in [4.78, 5) is 0. The average molecular weight is 263 g/mol. The first kappa shape index (κ1) is 12.5. The van der Waals surface area contributed by atoms with E-state index in [0.717, 1.165) is 23.1 Å². The van der Waals surface area contributed by atoms with E-state index >= 15 is 0 Å². The number of aromatic amines is 1. The van der Waals surface area contributed by atoms with E-state index in [-0.39, 0.29) is 0 Å². The Balaban J connectivity index is 1.68. The molecule has 0 fully saturated rings. The molecule has 3 nitrogen and oxygen atoms in total. The van der Waals surface area contributed by atoms with Crippen molar-refractivity contribution in [2.75, 3.05) is 11.9 Å². The molecule has 2 N–H and O–H groups in total. The maximum Gasteiger partial charge on any atom is 0.0670 e. The highest BCUT2D eigenvalue weighted by atomic mass is 15.1. The highest BCUT2D eigenvalue weighted by Gasteiger charge is 1.98. The van der Waals surface area contributed by atoms with E-state index in [1.54, 1.807) is 0 Å². The van der Waals surface area contributed by atoms with Gasteiger partial charge in [0.15, 0.2) is 0 Å². The van der Waals surface area contributed by atoms with Crippen LogP contribution in [0.1, 0.15) is 12.5 Å². The molecule has 0 radical (unpaired) electrons. The maximum atomic E-state index is 4.03. The second-order valence-corrected chi connectivity index (χ2v) is 4.93. The van der Waals surface area contributed by atoms with Crippen molar-refractivity contribution >= 4 is 22.7 Å². The second-order valence-electron chi connectivity index (χ2n) is 4.93. The third-order valence-electron chi connectivity index (χ3n) is 3.23. The molecular weight excluding hydrogens is 246 g/mol. The highest BCUT2D eigenvalue weighted by molar-refractivity contribution is 5.81. The lowest BCUT2D eigenvalue weighted by atomic mass is 10.1. The van der Waals surface area contributed by atoms with Gasteiger partial charge in [-0.3, -0.25) is 5.10 Å². The summed E-state index contributed by atoms with van der Waals surface area (Å²) in [6, 6.07) is 16.6. The lowest BCUT2D eigenvalue weighted by molar-refractivity contribution is 1.12. The molecule has 0 saturated heterocycles. The van der Waals surface area contributed by atoms with Gasteiger partial charge in [-0.1, -0.05) is 42.0 Å². The standard InChI is InChI=1S/C17H17N3/c1-13(9-14-5-3-2-4-6-14)11-18-16-8-7-15-12-19-20-17(15)10-16/h2-10,12,18H,11H2,1H3,(H,19,20). The zero-order valence-corrected chi connectivity index (χ0v) is 11.4. The number of nitrogens with one attached hydrogen (secondary N) is 2. The van der Waals surface area contributed by atoms with Crippen LogP contribution in [0.5, 0.6) is 0 Å². The molecule has 1 heterocycles. The van der Waals surface area contributed by atoms with E-state index in [4.69, 9.17) is 0 Å². The first-order valence-electron chi connectivity index (χ1n) is 6.70. The molecule has 0 atom stereocenters. The SMILES string of the molecule is CC(=Cc1ccccc1)CNc1ccc2cn[nH]c2c1. The molecule has 1 aromatic heterocycles. The van der Waals surface area contributed by atoms with Crippen LogP contribution in [0.25, 0.3) is 17.0 Å². The van der Waals surface area contributed by atoms with Gasteiger partial charge in [-0.05, 0) is 30.7 Å². The number of nitrogens with zero attached hydrogens (tertiary/aromatic N) is 1. The van der Waals surface area contributed by atoms with Crippen molar-refractivity contribution in [1.82, 2.24) is 10.2 Å². The van der Waals surface area contributed by atoms with Crippen LogP contribution < -0.4 is 5.32 Å². The number of rotatable bonds is 4. The van der Waals surface area contributed by atoms with Crippen LogP contribution in [0.2, 0.25) is 0 Å². The fourth-order valence-corrected chi connectivity index (χ4v) is 2.17. The van der Waals surface area contributed by atoms with E-state index < -0.39 is 0 Å². The molecule has 2 aromatic carbocycles. The molecule has 0 amide bonds. The fourth-order valence-electron chi connectivity index (χ4n) is 2.17. The van der Waals surface area contributed by atoms with Crippen molar-refractivity contribution < 1.29 is 0 Å². The van der Waals surface area contributed by atoms with Gasteiger partial charge in [-0.25, -0.2) is 0 Å². The molecule has 0 aliphatic rings. The Morgan fingerprint density at radius 2 is 2.05 bits per heavy atom. The number of H-pyrrole nitrogens is 1. The molecule has 3 heteroatoms. The number of hydrogen-bond donors (Lipinski definition) is 2. The van der Waals surface area contributed by atoms with Gasteiger partial charge in [0.1, 0.15) is 0 Å². The first-order valence-corrected chi connectivity index (χ1v) is 6.70. The van der Waals surface area contributed by atoms with Crippen LogP contribution in [0.4, 0.5) is 5.69 Å². The van der Waals surface area contributed by atoms with Crippen molar-refractivity contribution in [3.8, 4) is 0 Å². The maximum absolute atomic E-state index is 4.03. The van der Waals surface area contributed by atoms with Crippen LogP contribution >= 0.6 is 0 Å². The largest absolute Gasteiger partial charge is 0.381 e. The van der Waals surface area contributed by atoms with Crippen molar-refractivity contribution in [2.24, 2.45) is 0 Å². The summed E-state index contributed by atoms with van der Waals surface area (Å²) in [5.74, 6) is 0. The quantitative estimate of drug-likeness (QED) is 0.744. The Morgan fingerprint density at radius 1 is 1.20 bits per heavy atom. The lowest BCUT2D eigenvalue weighted by Crippen LogP contribution is -2.02. The normalized spacial score (nSPS) is 11.8. The predicted octanol–water partition coefficient (Wildman–Crippen LogP) is 4.08. The smallest absolute Gasteiger partial charge is 0.0670 e. The van der Waals surface area contributed by atoms with E-state index in [2.05, 4.69) is 71.0 Å². The van der Waals surface area contributed by atoms with Gasteiger partial charge in [0.2, 0.25) is 0 Å². The van der Waals surface area contributed by atoms with Crippen molar-refractivity contribution in [2.45, 2.75) is 6.92 Å². The van der Waals surface area contributed by atoms with E-state index in [1.807, 2.05) is 12.3 Å². The molecule has 0 saturated carbocycles. The first-order chi connectivity index (χ1) is 9.81. The third kappa shape index (κ3) is 2.88. The Labute approximate surface area is 118 Å². The zero-order valence-electron chi connectivity index (χ0n) is 11.4. The summed E-state index contributed by atoms with van der Waals surface area (Å²) >= 11 is 0. The molecule has 0 spiro atoms. The average Bonchev–Trinajstić information content (AvgIpc) is 2.93. The van der Waals surface area contributed by atoms with Gasteiger partial charge in [0, 0.05) is 17.6 Å². The van der Waals surface area contributed by atoms with Crippen molar-refractivity contribution in [1.29, 1.82) is 0 Å². The van der Waals surface area contributed by atoms with Gasteiger partial charge >= 0.3 is 0 Å². The minimum Gasteiger partial charge on any atom is -0.381 e. The minimum atomic E-state index is 0.828. The summed E-state index contributed by atoms with van der Waals surface area (Å²) in [6.45, 7) is 2.96. The molecule has 0 bridgehead atoms. The Kier molecular flexibility index (Phi) is 3.50. The van der Waals surface area contributed by atoms with Gasteiger partial charge in [-0.2, -0.15) is 5.10 Å². The summed E-state index contributed by atoms with van der Waals surface area (Å²) in [7, 11) is 0. The van der Waals surface area contributed by atoms with Crippen LogP contribution in [0, 0.1) is 0 Å². The topological polar surface area (TPSA) is 40.7 Å². The monoisotopic (exact) mass is 263 g/mol. The lowest BCUT2D eigenvalue weighted by Gasteiger charge is -2.07. The van der Waals surface area contributed by atoms with Gasteiger partial charge in [0.05, 0.1) is 11.7 Å². The molecule has 100 valence electrons. The van der Waals surface area contributed by atoms with Crippen LogP contribution in [0.15, 0.2) is 60.3 Å². The van der Waals surface area contributed by atoms with Crippen molar-refractivity contribution in [3.63, 3.8) is 0 Å². The fraction of sp³-hybridized carbons (Fsp3) is 0.118. The summed E-state index contributed by atoms with van der Waals surface area (Å²) < 4.78 is 0. The molecule has 3 aromatic rings. The van der Waals surface area contributed by atoms with Crippen LogP contribution in [0.3, 0.4) is 0 Å². The minimum absolute atomic E-state index is 0.828. The van der Waals surface area contributed by atoms with E-state index in [1.165, 1.54) is 11.1 Å². The molecular formula is C17H17N3. The highest BCUT2D eigenvalue weighted by Crippen LogP contribution is 2.17. The third-order valence-corrected chi connectivity index (χ3v) is 3.23. The number of aromatic nitrogens is 2. The number of benzene rings is 2. The zero-order chi connectivity index (χ0) is 13.8. The van der Waals surface area contributed by atoms with Crippen molar-refractivity contribution in [3.05, 3.63) is 65.9 Å². The summed E-state index contributed by atoms with van der Waals surface area (Å²) in [6.07, 6.45) is 4.03. The molecule has 0 aliphatic heterocycles. The number of anilines is 1. The summed E-state index contributed by atoms with van der Waals surface area (Å²) in [5, 5.41) is 11.6. The van der Waals surface area contributed by atoms with E-state index in [9.17, 15) is 0 Å². The van der Waals surface area contributed by atoms with E-state index in [0.29, 0.717) is 0 Å². The predicted molar refractivity (Wildman–Crippen MR) is 84.7 cm³/mol. The number of fused-ring (bicyclic) bond motifs is 1. The van der Waals surface area contributed by atoms with Gasteiger partial charge in [-0.15, -0.1) is 0 Å². The second kappa shape index (κ2) is 5.61. The Morgan fingerprint density at radius 3 is 2.90 bits per heavy atom. The van der Waals surface area contributed by atoms with Crippen LogP contribution in [-0.4, -0.2) is 16.7 Å². The van der Waals surface area contributed by atoms with Crippen LogP contribution in [-0.2, 0) is 0 Å². The number of hydrogen-bond acceptors (Lipinski definition) is 2.